The molecule has 1 aromatic rings. The van der Waals surface area contributed by atoms with Crippen LogP contribution in [-0.2, 0) is 4.74 Å². The Morgan fingerprint density at radius 1 is 1.21 bits per heavy atom. The fourth-order valence-corrected chi connectivity index (χ4v) is 1.44. The molecule has 0 amide bonds. The minimum Gasteiger partial charge on any atom is -0.465 e. The van der Waals surface area contributed by atoms with Gasteiger partial charge in [0.2, 0.25) is 0 Å². The second kappa shape index (κ2) is 5.12. The minimum atomic E-state index is -5.81. The first-order valence-electron chi connectivity index (χ1n) is 5.00. The van der Waals surface area contributed by atoms with Gasteiger partial charge in [0.25, 0.3) is 0 Å². The lowest BCUT2D eigenvalue weighted by Gasteiger charge is -2.26. The highest BCUT2D eigenvalue weighted by molar-refractivity contribution is 5.91. The number of carbonyl (C=O) groups is 1. The molecule has 8 heteroatoms. The highest BCUT2D eigenvalue weighted by Gasteiger charge is 2.62. The second-order valence-corrected chi connectivity index (χ2v) is 3.68. The summed E-state index contributed by atoms with van der Waals surface area (Å²) in [7, 11) is 0.979. The van der Waals surface area contributed by atoms with Gasteiger partial charge >= 0.3 is 18.1 Å². The predicted molar refractivity (Wildman–Crippen MR) is 55.7 cm³/mol. The molecule has 0 bridgehead atoms. The maximum absolute atomic E-state index is 13.2. The SMILES string of the molecule is COC(=O)c1ccccc1[C@H](N)C(F)(F)C(F)(F)F. The molecule has 106 valence electrons. The number of hydrogen-bond acceptors (Lipinski definition) is 3. The van der Waals surface area contributed by atoms with Crippen LogP contribution >= 0.6 is 0 Å². The third-order valence-electron chi connectivity index (χ3n) is 2.47. The molecule has 0 aromatic heterocycles. The Labute approximate surface area is 105 Å². The van der Waals surface area contributed by atoms with Gasteiger partial charge in [0, 0.05) is 0 Å². The van der Waals surface area contributed by atoms with Crippen LogP contribution in [-0.4, -0.2) is 25.2 Å². The number of nitrogens with two attached hydrogens (primary N) is 1. The maximum atomic E-state index is 13.2. The normalized spacial score (nSPS) is 14.1. The zero-order valence-corrected chi connectivity index (χ0v) is 9.67. The number of carbonyl (C=O) groups excluding carboxylic acids is 1. The molecule has 0 saturated heterocycles. The van der Waals surface area contributed by atoms with Gasteiger partial charge < -0.3 is 10.5 Å². The van der Waals surface area contributed by atoms with Crippen LogP contribution in [0.3, 0.4) is 0 Å². The standard InChI is InChI=1S/C11H10F5NO2/c1-19-9(18)7-5-3-2-4-6(7)8(17)10(12,13)11(14,15)16/h2-5,8H,17H2,1H3/t8-/m0/s1. The number of methoxy groups -OCH3 is 1. The molecule has 0 fully saturated rings. The number of hydrogen-bond donors (Lipinski definition) is 1. The van der Waals surface area contributed by atoms with E-state index in [0.717, 1.165) is 19.2 Å². The van der Waals surface area contributed by atoms with Crippen molar-refractivity contribution in [3.05, 3.63) is 35.4 Å². The topological polar surface area (TPSA) is 52.3 Å². The van der Waals surface area contributed by atoms with Gasteiger partial charge in [0.1, 0.15) is 6.04 Å². The van der Waals surface area contributed by atoms with Crippen LogP contribution in [0.15, 0.2) is 24.3 Å². The van der Waals surface area contributed by atoms with Gasteiger partial charge in [-0.1, -0.05) is 18.2 Å². The van der Waals surface area contributed by atoms with E-state index >= 15 is 0 Å². The zero-order chi connectivity index (χ0) is 14.8. The van der Waals surface area contributed by atoms with Crippen molar-refractivity contribution in [2.75, 3.05) is 7.11 Å². The van der Waals surface area contributed by atoms with Gasteiger partial charge in [0.05, 0.1) is 12.7 Å². The third-order valence-corrected chi connectivity index (χ3v) is 2.47. The van der Waals surface area contributed by atoms with E-state index in [2.05, 4.69) is 4.74 Å². The van der Waals surface area contributed by atoms with Crippen molar-refractivity contribution < 1.29 is 31.5 Å². The Bertz CT molecular complexity index is 472. The van der Waals surface area contributed by atoms with Crippen molar-refractivity contribution in [1.29, 1.82) is 0 Å². The summed E-state index contributed by atoms with van der Waals surface area (Å²) in [5, 5.41) is 0. The van der Waals surface area contributed by atoms with E-state index in [1.54, 1.807) is 0 Å². The molecule has 1 rings (SSSR count). The zero-order valence-electron chi connectivity index (χ0n) is 9.67. The van der Waals surface area contributed by atoms with Crippen molar-refractivity contribution >= 4 is 5.97 Å². The van der Waals surface area contributed by atoms with E-state index in [9.17, 15) is 26.7 Å². The molecule has 0 spiro atoms. The van der Waals surface area contributed by atoms with Gasteiger partial charge in [-0.3, -0.25) is 0 Å². The molecule has 0 aliphatic rings. The molecule has 19 heavy (non-hydrogen) atoms. The number of ether oxygens (including phenoxy) is 1. The van der Waals surface area contributed by atoms with Crippen LogP contribution < -0.4 is 5.73 Å². The van der Waals surface area contributed by atoms with Crippen LogP contribution in [0.25, 0.3) is 0 Å². The van der Waals surface area contributed by atoms with Crippen molar-refractivity contribution in [2.45, 2.75) is 18.1 Å². The number of halogens is 5. The molecular formula is C11H10F5NO2. The smallest absolute Gasteiger partial charge is 0.455 e. The number of benzene rings is 1. The van der Waals surface area contributed by atoms with Crippen LogP contribution in [0.2, 0.25) is 0 Å². The summed E-state index contributed by atoms with van der Waals surface area (Å²) < 4.78 is 67.3. The highest BCUT2D eigenvalue weighted by atomic mass is 19.4. The minimum absolute atomic E-state index is 0.429. The molecule has 0 unspecified atom stereocenters. The summed E-state index contributed by atoms with van der Waals surface area (Å²) in [5.41, 5.74) is 3.92. The fourth-order valence-electron chi connectivity index (χ4n) is 1.44. The van der Waals surface area contributed by atoms with E-state index < -0.39 is 35.2 Å². The number of esters is 1. The van der Waals surface area contributed by atoms with Crippen molar-refractivity contribution in [2.24, 2.45) is 5.73 Å². The first-order chi connectivity index (χ1) is 8.63. The molecule has 0 saturated carbocycles. The Balaban J connectivity index is 3.28. The monoisotopic (exact) mass is 283 g/mol. The Morgan fingerprint density at radius 2 is 1.74 bits per heavy atom. The summed E-state index contributed by atoms with van der Waals surface area (Å²) in [5.74, 6) is -6.19. The van der Waals surface area contributed by atoms with E-state index in [0.29, 0.717) is 0 Å². The molecular weight excluding hydrogens is 273 g/mol. The molecule has 0 aliphatic heterocycles. The van der Waals surface area contributed by atoms with Gasteiger partial charge in [-0.25, -0.2) is 4.79 Å². The van der Waals surface area contributed by atoms with Crippen molar-refractivity contribution in [3.63, 3.8) is 0 Å². The van der Waals surface area contributed by atoms with Crippen LogP contribution in [0.1, 0.15) is 22.0 Å². The molecule has 1 aromatic carbocycles. The lowest BCUT2D eigenvalue weighted by molar-refractivity contribution is -0.291. The van der Waals surface area contributed by atoms with Crippen LogP contribution in [0.4, 0.5) is 22.0 Å². The first-order valence-corrected chi connectivity index (χ1v) is 5.00. The Kier molecular flexibility index (Phi) is 4.14. The molecule has 0 heterocycles. The van der Waals surface area contributed by atoms with E-state index in [1.807, 2.05) is 0 Å². The molecule has 1 atom stereocenters. The Hall–Kier alpha value is -1.70. The molecule has 0 aliphatic carbocycles. The van der Waals surface area contributed by atoms with E-state index in [-0.39, 0.29) is 0 Å². The number of alkyl halides is 5. The van der Waals surface area contributed by atoms with Gasteiger partial charge in [0.15, 0.2) is 0 Å². The highest BCUT2D eigenvalue weighted by Crippen LogP contribution is 2.43. The van der Waals surface area contributed by atoms with Crippen LogP contribution in [0.5, 0.6) is 0 Å². The lowest BCUT2D eigenvalue weighted by atomic mass is 9.96. The van der Waals surface area contributed by atoms with E-state index in [1.165, 1.54) is 12.1 Å². The summed E-state index contributed by atoms with van der Waals surface area (Å²) in [6.07, 6.45) is -5.81. The van der Waals surface area contributed by atoms with Crippen molar-refractivity contribution in [1.82, 2.24) is 0 Å². The van der Waals surface area contributed by atoms with Crippen LogP contribution in [0, 0.1) is 0 Å². The summed E-state index contributed by atoms with van der Waals surface area (Å²) in [6.45, 7) is 0. The van der Waals surface area contributed by atoms with Crippen molar-refractivity contribution in [3.8, 4) is 0 Å². The van der Waals surface area contributed by atoms with E-state index in [4.69, 9.17) is 5.73 Å². The summed E-state index contributed by atoms with van der Waals surface area (Å²) in [4.78, 5) is 11.3. The average molecular weight is 283 g/mol. The Morgan fingerprint density at radius 3 is 2.21 bits per heavy atom. The average Bonchev–Trinajstić information content (AvgIpc) is 2.35. The molecule has 0 radical (unpaired) electrons. The fraction of sp³-hybridized carbons (Fsp3) is 0.364. The molecule has 3 nitrogen and oxygen atoms in total. The van der Waals surface area contributed by atoms with Gasteiger partial charge in [-0.15, -0.1) is 0 Å². The summed E-state index contributed by atoms with van der Waals surface area (Å²) >= 11 is 0. The largest absolute Gasteiger partial charge is 0.465 e. The van der Waals surface area contributed by atoms with Gasteiger partial charge in [-0.05, 0) is 11.6 Å². The quantitative estimate of drug-likeness (QED) is 0.685. The first kappa shape index (κ1) is 15.4. The predicted octanol–water partition coefficient (Wildman–Crippen LogP) is 2.67. The molecule has 2 N–H and O–H groups in total. The number of rotatable bonds is 3. The summed E-state index contributed by atoms with van der Waals surface area (Å²) in [6, 6.07) is 1.80. The van der Waals surface area contributed by atoms with Gasteiger partial charge in [-0.2, -0.15) is 22.0 Å². The third kappa shape index (κ3) is 2.83. The maximum Gasteiger partial charge on any atom is 0.455 e. The lowest BCUT2D eigenvalue weighted by Crippen LogP contribution is -2.46. The second-order valence-electron chi connectivity index (χ2n) is 3.68.